The van der Waals surface area contributed by atoms with Gasteiger partial charge in [-0.3, -0.25) is 0 Å². The molecule has 0 bridgehead atoms. The van der Waals surface area contributed by atoms with E-state index in [0.717, 1.165) is 0 Å². The van der Waals surface area contributed by atoms with Gasteiger partial charge in [-0.25, -0.2) is 0 Å². The molecule has 7 aromatic rings. The summed E-state index contributed by atoms with van der Waals surface area (Å²) in [6.07, 6.45) is 0. The zero-order chi connectivity index (χ0) is 19.7. The van der Waals surface area contributed by atoms with Crippen molar-refractivity contribution >= 4 is 75.2 Å². The Morgan fingerprint density at radius 1 is 0.467 bits per heavy atom. The third-order valence-corrected chi connectivity index (χ3v) is 8.13. The minimum atomic E-state index is 1.29. The Morgan fingerprint density at radius 2 is 1.17 bits per heavy atom. The first-order chi connectivity index (χ1) is 14.8. The molecular formula is C28H16S2. The van der Waals surface area contributed by atoms with Gasteiger partial charge in [-0.15, -0.1) is 22.7 Å². The SMILES string of the molecule is c1ccc(-c2cc3cc4c(ccc5c6cc7ccsc7cc6ccc45)cc3s2)cc1. The van der Waals surface area contributed by atoms with E-state index in [2.05, 4.69) is 96.4 Å². The maximum atomic E-state index is 2.38. The van der Waals surface area contributed by atoms with Crippen molar-refractivity contribution in [3.8, 4) is 10.4 Å². The molecule has 0 saturated heterocycles. The van der Waals surface area contributed by atoms with Gasteiger partial charge < -0.3 is 0 Å². The van der Waals surface area contributed by atoms with Crippen molar-refractivity contribution in [2.24, 2.45) is 0 Å². The topological polar surface area (TPSA) is 0 Å². The Morgan fingerprint density at radius 3 is 1.93 bits per heavy atom. The predicted octanol–water partition coefficient (Wildman–Crippen LogP) is 9.24. The highest BCUT2D eigenvalue weighted by Crippen LogP contribution is 2.39. The average molecular weight is 417 g/mol. The lowest BCUT2D eigenvalue weighted by atomic mass is 9.96. The van der Waals surface area contributed by atoms with Crippen LogP contribution in [-0.2, 0) is 0 Å². The summed E-state index contributed by atoms with van der Waals surface area (Å²) >= 11 is 3.69. The lowest BCUT2D eigenvalue weighted by Gasteiger charge is -2.08. The molecule has 0 amide bonds. The van der Waals surface area contributed by atoms with Crippen molar-refractivity contribution in [1.29, 1.82) is 0 Å². The molecule has 2 aromatic heterocycles. The molecule has 0 radical (unpaired) electrons. The summed E-state index contributed by atoms with van der Waals surface area (Å²) in [5, 5.41) is 12.8. The zero-order valence-corrected chi connectivity index (χ0v) is 17.7. The van der Waals surface area contributed by atoms with Gasteiger partial charge in [0, 0.05) is 14.3 Å². The van der Waals surface area contributed by atoms with Crippen LogP contribution in [-0.4, -0.2) is 0 Å². The highest BCUT2D eigenvalue weighted by atomic mass is 32.1. The van der Waals surface area contributed by atoms with Crippen molar-refractivity contribution in [2.45, 2.75) is 0 Å². The maximum absolute atomic E-state index is 2.38. The first-order valence-electron chi connectivity index (χ1n) is 10.1. The van der Waals surface area contributed by atoms with Gasteiger partial charge in [-0.1, -0.05) is 54.6 Å². The van der Waals surface area contributed by atoms with E-state index in [9.17, 15) is 0 Å². The Bertz CT molecular complexity index is 1730. The summed E-state index contributed by atoms with van der Waals surface area (Å²) in [5.41, 5.74) is 1.29. The van der Waals surface area contributed by atoms with E-state index in [1.54, 1.807) is 0 Å². The quantitative estimate of drug-likeness (QED) is 0.234. The van der Waals surface area contributed by atoms with E-state index in [1.165, 1.54) is 62.9 Å². The van der Waals surface area contributed by atoms with Crippen molar-refractivity contribution in [3.63, 3.8) is 0 Å². The van der Waals surface area contributed by atoms with E-state index in [4.69, 9.17) is 0 Å². The van der Waals surface area contributed by atoms with Gasteiger partial charge in [-0.2, -0.15) is 0 Å². The zero-order valence-electron chi connectivity index (χ0n) is 16.1. The summed E-state index contributed by atoms with van der Waals surface area (Å²) in [4.78, 5) is 1.33. The lowest BCUT2D eigenvalue weighted by Crippen LogP contribution is -1.81. The Labute approximate surface area is 181 Å². The van der Waals surface area contributed by atoms with E-state index >= 15 is 0 Å². The molecule has 0 N–H and O–H groups in total. The van der Waals surface area contributed by atoms with Crippen molar-refractivity contribution < 1.29 is 0 Å². The van der Waals surface area contributed by atoms with Crippen LogP contribution in [0.3, 0.4) is 0 Å². The molecule has 0 fully saturated rings. The molecule has 0 nitrogen and oxygen atoms in total. The highest BCUT2D eigenvalue weighted by Gasteiger charge is 2.10. The summed E-state index contributed by atoms with van der Waals surface area (Å²) in [7, 11) is 0. The first-order valence-corrected chi connectivity index (χ1v) is 11.8. The molecule has 0 aliphatic carbocycles. The van der Waals surface area contributed by atoms with Gasteiger partial charge in [0.2, 0.25) is 0 Å². The number of hydrogen-bond donors (Lipinski definition) is 0. The molecule has 0 atom stereocenters. The van der Waals surface area contributed by atoms with E-state index in [1.807, 2.05) is 22.7 Å². The van der Waals surface area contributed by atoms with Gasteiger partial charge in [-0.05, 0) is 90.4 Å². The molecule has 5 aromatic carbocycles. The Balaban J connectivity index is 1.53. The molecule has 0 aliphatic rings. The minimum Gasteiger partial charge on any atom is -0.144 e. The largest absolute Gasteiger partial charge is 0.144 e. The van der Waals surface area contributed by atoms with Gasteiger partial charge in [0.1, 0.15) is 0 Å². The second-order valence-electron chi connectivity index (χ2n) is 7.85. The van der Waals surface area contributed by atoms with Gasteiger partial charge >= 0.3 is 0 Å². The van der Waals surface area contributed by atoms with Crippen LogP contribution >= 0.6 is 22.7 Å². The fourth-order valence-corrected chi connectivity index (χ4v) is 6.53. The summed E-state index contributed by atoms with van der Waals surface area (Å²) in [6, 6.07) is 33.8. The second-order valence-corrected chi connectivity index (χ2v) is 9.88. The Kier molecular flexibility index (Phi) is 3.40. The van der Waals surface area contributed by atoms with Crippen LogP contribution in [0.4, 0.5) is 0 Å². The van der Waals surface area contributed by atoms with Gasteiger partial charge in [0.15, 0.2) is 0 Å². The summed E-state index contributed by atoms with van der Waals surface area (Å²) in [5.74, 6) is 0. The summed E-state index contributed by atoms with van der Waals surface area (Å²) < 4.78 is 2.71. The van der Waals surface area contributed by atoms with Crippen LogP contribution in [0.25, 0.3) is 62.9 Å². The monoisotopic (exact) mass is 416 g/mol. The van der Waals surface area contributed by atoms with Gasteiger partial charge in [0.25, 0.3) is 0 Å². The van der Waals surface area contributed by atoms with Crippen LogP contribution in [0.2, 0.25) is 0 Å². The number of benzene rings is 5. The van der Waals surface area contributed by atoms with Crippen molar-refractivity contribution in [1.82, 2.24) is 0 Å². The molecule has 0 aliphatic heterocycles. The predicted molar refractivity (Wildman–Crippen MR) is 135 cm³/mol. The second kappa shape index (κ2) is 6.15. The van der Waals surface area contributed by atoms with Crippen LogP contribution in [0.1, 0.15) is 0 Å². The number of rotatable bonds is 1. The molecule has 2 heteroatoms. The molecule has 0 unspecified atom stereocenters. The van der Waals surface area contributed by atoms with E-state index in [0.29, 0.717) is 0 Å². The molecule has 140 valence electrons. The fourth-order valence-electron chi connectivity index (χ4n) is 4.61. The van der Waals surface area contributed by atoms with Gasteiger partial charge in [0.05, 0.1) is 0 Å². The highest BCUT2D eigenvalue weighted by molar-refractivity contribution is 7.22. The first kappa shape index (κ1) is 16.6. The van der Waals surface area contributed by atoms with Crippen molar-refractivity contribution in [2.75, 3.05) is 0 Å². The normalized spacial score (nSPS) is 12.0. The number of thiophene rings is 2. The third-order valence-electron chi connectivity index (χ3n) is 6.10. The molecular weight excluding hydrogens is 400 g/mol. The summed E-state index contributed by atoms with van der Waals surface area (Å²) in [6.45, 7) is 0. The number of fused-ring (bicyclic) bond motifs is 7. The van der Waals surface area contributed by atoms with Crippen LogP contribution in [0.5, 0.6) is 0 Å². The molecule has 2 heterocycles. The smallest absolute Gasteiger partial charge is 0.0355 e. The maximum Gasteiger partial charge on any atom is 0.0355 e. The third kappa shape index (κ3) is 2.38. The van der Waals surface area contributed by atoms with Crippen LogP contribution < -0.4 is 0 Å². The number of hydrogen-bond acceptors (Lipinski definition) is 2. The minimum absolute atomic E-state index is 1.29. The molecule has 7 rings (SSSR count). The van der Waals surface area contributed by atoms with Crippen LogP contribution in [0.15, 0.2) is 96.4 Å². The standard InChI is InChI=1S/C28H16S2/c1-2-4-17(5-3-1)27-16-21-13-25-19(15-28(21)30-27)7-9-22-23(25)8-6-18-14-26-20(10-11-29-26)12-24(18)22/h1-16H. The van der Waals surface area contributed by atoms with E-state index < -0.39 is 0 Å². The fraction of sp³-hybridized carbons (Fsp3) is 0. The Hall–Kier alpha value is -3.20. The lowest BCUT2D eigenvalue weighted by molar-refractivity contribution is 1.70. The average Bonchev–Trinajstić information content (AvgIpc) is 3.42. The van der Waals surface area contributed by atoms with Crippen molar-refractivity contribution in [3.05, 3.63) is 96.4 Å². The molecule has 0 spiro atoms. The molecule has 30 heavy (non-hydrogen) atoms. The molecule has 0 saturated carbocycles. The van der Waals surface area contributed by atoms with Crippen LogP contribution in [0, 0.1) is 0 Å². The van der Waals surface area contributed by atoms with E-state index in [-0.39, 0.29) is 0 Å².